The van der Waals surface area contributed by atoms with Crippen LogP contribution < -0.4 is 5.32 Å². The van der Waals surface area contributed by atoms with Crippen molar-refractivity contribution in [2.75, 3.05) is 19.6 Å². The third kappa shape index (κ3) is 4.08. The molecule has 1 fully saturated rings. The Morgan fingerprint density at radius 1 is 1.44 bits per heavy atom. The lowest BCUT2D eigenvalue weighted by atomic mass is 10.0. The third-order valence-electron chi connectivity index (χ3n) is 3.57. The summed E-state index contributed by atoms with van der Waals surface area (Å²) in [4.78, 5) is 2.63. The fourth-order valence-corrected chi connectivity index (χ4v) is 3.14. The smallest absolute Gasteiger partial charge is 0.0237 e. The van der Waals surface area contributed by atoms with Crippen LogP contribution in [-0.2, 0) is 6.54 Å². The molecule has 0 saturated carbocycles. The van der Waals surface area contributed by atoms with Gasteiger partial charge in [-0.15, -0.1) is 0 Å². The fraction of sp³-hybridized carbons (Fsp3) is 0.600. The van der Waals surface area contributed by atoms with Crippen LogP contribution in [0.4, 0.5) is 0 Å². The summed E-state index contributed by atoms with van der Waals surface area (Å²) < 4.78 is 1.18. The minimum atomic E-state index is 0.706. The molecule has 0 aliphatic carbocycles. The molecule has 1 aromatic rings. The summed E-state index contributed by atoms with van der Waals surface area (Å²) in [6.07, 6.45) is 3.87. The lowest BCUT2D eigenvalue weighted by Gasteiger charge is -2.34. The minimum Gasteiger partial charge on any atom is -0.315 e. The monoisotopic (exact) mass is 310 g/mol. The summed E-state index contributed by atoms with van der Waals surface area (Å²) in [5.41, 5.74) is 1.41. The molecule has 0 amide bonds. The number of hydrogen-bond acceptors (Lipinski definition) is 2. The first-order valence-electron chi connectivity index (χ1n) is 6.99. The van der Waals surface area contributed by atoms with Crippen LogP contribution in [0.15, 0.2) is 28.7 Å². The summed E-state index contributed by atoms with van der Waals surface area (Å²) in [5.74, 6) is 0. The van der Waals surface area contributed by atoms with Crippen molar-refractivity contribution in [1.82, 2.24) is 10.2 Å². The number of nitrogens with one attached hydrogen (secondary N) is 1. The van der Waals surface area contributed by atoms with Gasteiger partial charge in [0.25, 0.3) is 0 Å². The molecule has 1 N–H and O–H groups in total. The molecule has 100 valence electrons. The predicted molar refractivity (Wildman–Crippen MR) is 80.7 cm³/mol. The third-order valence-corrected chi connectivity index (χ3v) is 4.07. The van der Waals surface area contributed by atoms with E-state index in [-0.39, 0.29) is 0 Å². The molecule has 1 heterocycles. The van der Waals surface area contributed by atoms with E-state index in [9.17, 15) is 0 Å². The predicted octanol–water partition coefficient (Wildman–Crippen LogP) is 3.41. The van der Waals surface area contributed by atoms with E-state index in [0.29, 0.717) is 6.04 Å². The summed E-state index contributed by atoms with van der Waals surface area (Å²) in [6, 6.07) is 9.39. The van der Waals surface area contributed by atoms with Gasteiger partial charge < -0.3 is 5.32 Å². The zero-order chi connectivity index (χ0) is 12.8. The molecular formula is C15H23BrN2. The Bertz CT molecular complexity index is 361. The Kier molecular flexibility index (Phi) is 5.67. The Balaban J connectivity index is 2.00. The topological polar surface area (TPSA) is 15.3 Å². The van der Waals surface area contributed by atoms with Gasteiger partial charge in [0, 0.05) is 23.6 Å². The molecule has 1 aliphatic rings. The molecule has 1 atom stereocenters. The second-order valence-electron chi connectivity index (χ2n) is 5.10. The minimum absolute atomic E-state index is 0.706. The van der Waals surface area contributed by atoms with Gasteiger partial charge in [-0.3, -0.25) is 4.90 Å². The number of benzene rings is 1. The van der Waals surface area contributed by atoms with E-state index < -0.39 is 0 Å². The molecule has 1 saturated heterocycles. The Morgan fingerprint density at radius 3 is 3.00 bits per heavy atom. The maximum atomic E-state index is 3.56. The van der Waals surface area contributed by atoms with E-state index in [1.165, 1.54) is 42.4 Å². The standard InChI is InChI=1S/C15H23BrN2/c1-2-9-18(15-7-4-8-17-11-15)12-13-5-3-6-14(16)10-13/h3,5-6,10,15,17H,2,4,7-9,11-12H2,1H3. The average Bonchev–Trinajstić information content (AvgIpc) is 2.39. The van der Waals surface area contributed by atoms with Crippen molar-refractivity contribution < 1.29 is 0 Å². The van der Waals surface area contributed by atoms with Crippen LogP contribution in [0.5, 0.6) is 0 Å². The van der Waals surface area contributed by atoms with Crippen LogP contribution in [-0.4, -0.2) is 30.6 Å². The molecule has 0 spiro atoms. The molecule has 2 nitrogen and oxygen atoms in total. The van der Waals surface area contributed by atoms with Gasteiger partial charge in [-0.25, -0.2) is 0 Å². The maximum Gasteiger partial charge on any atom is 0.0237 e. The van der Waals surface area contributed by atoms with Gasteiger partial charge in [0.2, 0.25) is 0 Å². The average molecular weight is 311 g/mol. The normalized spacial score (nSPS) is 20.3. The van der Waals surface area contributed by atoms with Crippen LogP contribution in [0.1, 0.15) is 31.7 Å². The Hall–Kier alpha value is -0.380. The zero-order valence-electron chi connectivity index (χ0n) is 11.2. The Labute approximate surface area is 119 Å². The highest BCUT2D eigenvalue weighted by Gasteiger charge is 2.20. The van der Waals surface area contributed by atoms with Crippen molar-refractivity contribution in [3.8, 4) is 0 Å². The molecule has 1 aliphatic heterocycles. The van der Waals surface area contributed by atoms with E-state index in [4.69, 9.17) is 0 Å². The van der Waals surface area contributed by atoms with Crippen LogP contribution in [0.25, 0.3) is 0 Å². The SMILES string of the molecule is CCCN(Cc1cccc(Br)c1)C1CCCNC1. The molecule has 0 radical (unpaired) electrons. The Morgan fingerprint density at radius 2 is 2.33 bits per heavy atom. The number of piperidine rings is 1. The highest BCUT2D eigenvalue weighted by Crippen LogP contribution is 2.17. The van der Waals surface area contributed by atoms with Gasteiger partial charge in [0.05, 0.1) is 0 Å². The van der Waals surface area contributed by atoms with Crippen molar-refractivity contribution in [2.24, 2.45) is 0 Å². The molecular weight excluding hydrogens is 288 g/mol. The van der Waals surface area contributed by atoms with Gasteiger partial charge >= 0.3 is 0 Å². The molecule has 18 heavy (non-hydrogen) atoms. The van der Waals surface area contributed by atoms with E-state index in [1.807, 2.05) is 0 Å². The fourth-order valence-electron chi connectivity index (χ4n) is 2.69. The summed E-state index contributed by atoms with van der Waals surface area (Å²) >= 11 is 3.56. The molecule has 1 aromatic carbocycles. The van der Waals surface area contributed by atoms with Gasteiger partial charge in [0.1, 0.15) is 0 Å². The highest BCUT2D eigenvalue weighted by atomic mass is 79.9. The first-order valence-corrected chi connectivity index (χ1v) is 7.78. The maximum absolute atomic E-state index is 3.56. The van der Waals surface area contributed by atoms with Crippen molar-refractivity contribution in [1.29, 1.82) is 0 Å². The van der Waals surface area contributed by atoms with Crippen molar-refractivity contribution >= 4 is 15.9 Å². The molecule has 3 heteroatoms. The molecule has 1 unspecified atom stereocenters. The van der Waals surface area contributed by atoms with E-state index in [0.717, 1.165) is 13.1 Å². The van der Waals surface area contributed by atoms with Gasteiger partial charge in [-0.05, 0) is 50.0 Å². The van der Waals surface area contributed by atoms with Crippen LogP contribution >= 0.6 is 15.9 Å². The number of hydrogen-bond donors (Lipinski definition) is 1. The lowest BCUT2D eigenvalue weighted by molar-refractivity contribution is 0.158. The largest absolute Gasteiger partial charge is 0.315 e. The van der Waals surface area contributed by atoms with Gasteiger partial charge in [-0.1, -0.05) is 35.0 Å². The van der Waals surface area contributed by atoms with E-state index in [2.05, 4.69) is 57.3 Å². The van der Waals surface area contributed by atoms with Crippen LogP contribution in [0, 0.1) is 0 Å². The first kappa shape index (κ1) is 14.0. The van der Waals surface area contributed by atoms with E-state index in [1.54, 1.807) is 0 Å². The molecule has 2 rings (SSSR count). The van der Waals surface area contributed by atoms with Gasteiger partial charge in [-0.2, -0.15) is 0 Å². The second kappa shape index (κ2) is 7.27. The number of halogens is 1. The first-order chi connectivity index (χ1) is 8.79. The molecule has 0 bridgehead atoms. The van der Waals surface area contributed by atoms with Crippen molar-refractivity contribution in [3.05, 3.63) is 34.3 Å². The van der Waals surface area contributed by atoms with Crippen LogP contribution in [0.2, 0.25) is 0 Å². The van der Waals surface area contributed by atoms with Crippen LogP contribution in [0.3, 0.4) is 0 Å². The lowest BCUT2D eigenvalue weighted by Crippen LogP contribution is -2.45. The number of rotatable bonds is 5. The summed E-state index contributed by atoms with van der Waals surface area (Å²) in [6.45, 7) is 6.87. The highest BCUT2D eigenvalue weighted by molar-refractivity contribution is 9.10. The molecule has 0 aromatic heterocycles. The van der Waals surface area contributed by atoms with Gasteiger partial charge in [0.15, 0.2) is 0 Å². The zero-order valence-corrected chi connectivity index (χ0v) is 12.7. The van der Waals surface area contributed by atoms with E-state index >= 15 is 0 Å². The number of nitrogens with zero attached hydrogens (tertiary/aromatic N) is 1. The summed E-state index contributed by atoms with van der Waals surface area (Å²) in [7, 11) is 0. The summed E-state index contributed by atoms with van der Waals surface area (Å²) in [5, 5.41) is 3.52. The quantitative estimate of drug-likeness (QED) is 0.896. The van der Waals surface area contributed by atoms with Crippen molar-refractivity contribution in [2.45, 2.75) is 38.8 Å². The second-order valence-corrected chi connectivity index (χ2v) is 6.02. The van der Waals surface area contributed by atoms with Crippen molar-refractivity contribution in [3.63, 3.8) is 0 Å².